The van der Waals surface area contributed by atoms with E-state index in [1.54, 1.807) is 0 Å². The van der Waals surface area contributed by atoms with E-state index in [2.05, 4.69) is 5.32 Å². The highest BCUT2D eigenvalue weighted by Crippen LogP contribution is 2.30. The normalized spacial score (nSPS) is 22.7. The van der Waals surface area contributed by atoms with E-state index in [-0.39, 0.29) is 31.8 Å². The molecule has 0 saturated carbocycles. The lowest BCUT2D eigenvalue weighted by molar-refractivity contribution is -0.122. The second-order valence-corrected chi connectivity index (χ2v) is 7.68. The number of hydrogen-bond acceptors (Lipinski definition) is 4. The maximum absolute atomic E-state index is 13.8. The molecular weight excluding hydrogens is 323 g/mol. The Bertz CT molecular complexity index is 680. The Hall–Kier alpha value is -1.51. The van der Waals surface area contributed by atoms with Gasteiger partial charge >= 0.3 is 0 Å². The van der Waals surface area contributed by atoms with E-state index in [1.807, 2.05) is 0 Å². The Morgan fingerprint density at radius 3 is 2.78 bits per heavy atom. The van der Waals surface area contributed by atoms with Crippen molar-refractivity contribution in [3.63, 3.8) is 0 Å². The van der Waals surface area contributed by atoms with Crippen molar-refractivity contribution in [1.82, 2.24) is 9.62 Å². The molecule has 1 fully saturated rings. The summed E-state index contributed by atoms with van der Waals surface area (Å²) in [5.74, 6) is -1.03. The first kappa shape index (κ1) is 17.8. The second-order valence-electron chi connectivity index (χ2n) is 5.77. The first-order chi connectivity index (χ1) is 10.8. The largest absolute Gasteiger partial charge is 0.388 e. The lowest BCUT2D eigenvalue weighted by Crippen LogP contribution is -2.50. The first-order valence-corrected chi connectivity index (χ1v) is 8.90. The Morgan fingerprint density at radius 1 is 1.43 bits per heavy atom. The minimum absolute atomic E-state index is 0.112. The molecule has 1 atom stereocenters. The molecule has 0 spiro atoms. The van der Waals surface area contributed by atoms with Crippen molar-refractivity contribution >= 4 is 15.9 Å². The molecule has 1 aromatic carbocycles. The number of sulfonamides is 1. The third-order valence-corrected chi connectivity index (χ3v) is 5.95. The molecule has 128 valence electrons. The highest BCUT2D eigenvalue weighted by molar-refractivity contribution is 7.89. The van der Waals surface area contributed by atoms with E-state index in [0.717, 1.165) is 10.4 Å². The number of nitrogens with zero attached hydrogens (tertiary/aromatic N) is 1. The number of hydrogen-bond donors (Lipinski definition) is 2. The average Bonchev–Trinajstić information content (AvgIpc) is 2.53. The highest BCUT2D eigenvalue weighted by atomic mass is 32.2. The van der Waals surface area contributed by atoms with Crippen molar-refractivity contribution in [2.75, 3.05) is 20.1 Å². The Balaban J connectivity index is 2.17. The molecule has 1 heterocycles. The van der Waals surface area contributed by atoms with Crippen molar-refractivity contribution in [2.45, 2.75) is 36.2 Å². The molecule has 2 N–H and O–H groups in total. The van der Waals surface area contributed by atoms with Crippen LogP contribution >= 0.6 is 0 Å². The molecule has 0 unspecified atom stereocenters. The van der Waals surface area contributed by atoms with Crippen LogP contribution in [0.2, 0.25) is 0 Å². The summed E-state index contributed by atoms with van der Waals surface area (Å²) in [4.78, 5) is 10.9. The van der Waals surface area contributed by atoms with Gasteiger partial charge in [-0.3, -0.25) is 4.79 Å². The minimum Gasteiger partial charge on any atom is -0.388 e. The molecule has 1 aliphatic heterocycles. The molecule has 0 bridgehead atoms. The summed E-state index contributed by atoms with van der Waals surface area (Å²) in [5.41, 5.74) is -1.27. The van der Waals surface area contributed by atoms with E-state index < -0.39 is 26.3 Å². The fourth-order valence-corrected chi connectivity index (χ4v) is 4.37. The van der Waals surface area contributed by atoms with E-state index in [9.17, 15) is 22.7 Å². The molecule has 1 aliphatic rings. The SMILES string of the molecule is CNC(=O)CC[C@]1(O)CCCN(S(=O)(=O)c2ccccc2F)C1. The third-order valence-electron chi connectivity index (χ3n) is 4.07. The number of carbonyl (C=O) groups excluding carboxylic acids is 1. The van der Waals surface area contributed by atoms with Crippen molar-refractivity contribution < 1.29 is 22.7 Å². The molecule has 6 nitrogen and oxygen atoms in total. The number of aliphatic hydroxyl groups is 1. The van der Waals surface area contributed by atoms with Crippen LogP contribution in [0.25, 0.3) is 0 Å². The maximum atomic E-state index is 13.8. The van der Waals surface area contributed by atoms with Crippen LogP contribution in [-0.4, -0.2) is 49.5 Å². The van der Waals surface area contributed by atoms with Crippen molar-refractivity contribution in [3.8, 4) is 0 Å². The monoisotopic (exact) mass is 344 g/mol. The van der Waals surface area contributed by atoms with Gasteiger partial charge in [0.05, 0.1) is 5.60 Å². The van der Waals surface area contributed by atoms with E-state index in [4.69, 9.17) is 0 Å². The fourth-order valence-electron chi connectivity index (χ4n) is 2.74. The van der Waals surface area contributed by atoms with E-state index in [1.165, 1.54) is 25.2 Å². The summed E-state index contributed by atoms with van der Waals surface area (Å²) in [6, 6.07) is 5.18. The predicted molar refractivity (Wildman–Crippen MR) is 82.6 cm³/mol. The lowest BCUT2D eigenvalue weighted by Gasteiger charge is -2.38. The van der Waals surface area contributed by atoms with E-state index in [0.29, 0.717) is 12.8 Å². The molecular formula is C15H21FN2O4S. The number of carbonyl (C=O) groups is 1. The number of β-amino-alcohol motifs (C(OH)–C–C–N with tert-alkyl or cyclic N) is 1. The number of halogens is 1. The zero-order valence-electron chi connectivity index (χ0n) is 13.0. The summed E-state index contributed by atoms with van der Waals surface area (Å²) in [6.07, 6.45) is 1.14. The van der Waals surface area contributed by atoms with Crippen LogP contribution in [0.15, 0.2) is 29.2 Å². The van der Waals surface area contributed by atoms with Gasteiger partial charge in [-0.2, -0.15) is 4.31 Å². The summed E-state index contributed by atoms with van der Waals surface area (Å²) in [7, 11) is -2.51. The van der Waals surface area contributed by atoms with Gasteiger partial charge in [-0.05, 0) is 31.4 Å². The minimum atomic E-state index is -4.01. The second kappa shape index (κ2) is 6.94. The number of rotatable bonds is 5. The van der Waals surface area contributed by atoms with E-state index >= 15 is 0 Å². The number of amides is 1. The summed E-state index contributed by atoms with van der Waals surface area (Å²) < 4.78 is 40.1. The van der Waals surface area contributed by atoms with Crippen molar-refractivity contribution in [2.24, 2.45) is 0 Å². The molecule has 1 amide bonds. The molecule has 23 heavy (non-hydrogen) atoms. The van der Waals surface area contributed by atoms with Gasteiger partial charge in [0.2, 0.25) is 15.9 Å². The molecule has 0 aromatic heterocycles. The van der Waals surface area contributed by atoms with Gasteiger partial charge in [-0.25, -0.2) is 12.8 Å². The lowest BCUT2D eigenvalue weighted by atomic mass is 9.89. The van der Waals surface area contributed by atoms with Crippen LogP contribution < -0.4 is 5.32 Å². The zero-order chi connectivity index (χ0) is 17.1. The molecule has 2 rings (SSSR count). The number of benzene rings is 1. The Labute approximate surface area is 135 Å². The Morgan fingerprint density at radius 2 is 2.13 bits per heavy atom. The molecule has 1 aromatic rings. The van der Waals surface area contributed by atoms with Crippen LogP contribution in [0.1, 0.15) is 25.7 Å². The van der Waals surface area contributed by atoms with Gasteiger partial charge in [-0.1, -0.05) is 12.1 Å². The van der Waals surface area contributed by atoms with Gasteiger partial charge in [0.15, 0.2) is 0 Å². The van der Waals surface area contributed by atoms with Gasteiger partial charge in [0.25, 0.3) is 0 Å². The van der Waals surface area contributed by atoms with Crippen LogP contribution in [0.5, 0.6) is 0 Å². The topological polar surface area (TPSA) is 86.7 Å². The van der Waals surface area contributed by atoms with Crippen LogP contribution in [0.3, 0.4) is 0 Å². The third kappa shape index (κ3) is 4.07. The molecule has 8 heteroatoms. The van der Waals surface area contributed by atoms with Crippen molar-refractivity contribution in [1.29, 1.82) is 0 Å². The zero-order valence-corrected chi connectivity index (χ0v) is 13.8. The standard InChI is InChI=1S/C15H21FN2O4S/c1-17-14(19)7-9-15(20)8-4-10-18(11-15)23(21,22)13-6-3-2-5-12(13)16/h2-3,5-6,20H,4,7-11H2,1H3,(H,17,19)/t15-/m1/s1. The van der Waals surface area contributed by atoms with Crippen LogP contribution in [0.4, 0.5) is 4.39 Å². The predicted octanol–water partition coefficient (Wildman–Crippen LogP) is 0.867. The van der Waals surface area contributed by atoms with Gasteiger partial charge in [-0.15, -0.1) is 0 Å². The Kier molecular flexibility index (Phi) is 5.38. The summed E-state index contributed by atoms with van der Waals surface area (Å²) in [6.45, 7) is 0.0830. The van der Waals surface area contributed by atoms with Crippen molar-refractivity contribution in [3.05, 3.63) is 30.1 Å². The maximum Gasteiger partial charge on any atom is 0.246 e. The summed E-state index contributed by atoms with van der Waals surface area (Å²) >= 11 is 0. The summed E-state index contributed by atoms with van der Waals surface area (Å²) in [5, 5.41) is 13.1. The smallest absolute Gasteiger partial charge is 0.246 e. The van der Waals surface area contributed by atoms with Gasteiger partial charge < -0.3 is 10.4 Å². The van der Waals surface area contributed by atoms with Crippen LogP contribution in [-0.2, 0) is 14.8 Å². The first-order valence-electron chi connectivity index (χ1n) is 7.46. The quantitative estimate of drug-likeness (QED) is 0.830. The van der Waals surface area contributed by atoms with Gasteiger partial charge in [0.1, 0.15) is 10.7 Å². The van der Waals surface area contributed by atoms with Crippen LogP contribution in [0, 0.1) is 5.82 Å². The average molecular weight is 344 g/mol. The molecule has 0 aliphatic carbocycles. The number of nitrogens with one attached hydrogen (secondary N) is 1. The number of piperidine rings is 1. The van der Waals surface area contributed by atoms with Gasteiger partial charge in [0, 0.05) is 26.6 Å². The molecule has 1 saturated heterocycles. The highest BCUT2D eigenvalue weighted by Gasteiger charge is 2.39. The molecule has 0 radical (unpaired) electrons. The fraction of sp³-hybridized carbons (Fsp3) is 0.533.